The van der Waals surface area contributed by atoms with Gasteiger partial charge in [-0.2, -0.15) is 16.8 Å². The highest BCUT2D eigenvalue weighted by Crippen LogP contribution is 2.00. The van der Waals surface area contributed by atoms with Crippen molar-refractivity contribution in [1.82, 2.24) is 0 Å². The molecule has 0 aromatic carbocycles. The van der Waals surface area contributed by atoms with Crippen LogP contribution in [0, 0.1) is 0 Å². The highest BCUT2D eigenvalue weighted by Gasteiger charge is 2.21. The summed E-state index contributed by atoms with van der Waals surface area (Å²) < 4.78 is 50.5. The Labute approximate surface area is 88.2 Å². The molecule has 0 aromatic heterocycles. The van der Waals surface area contributed by atoms with Gasteiger partial charge in [0, 0.05) is 0 Å². The molecule has 0 rings (SSSR count). The minimum Gasteiger partial charge on any atom is -0.366 e. The van der Waals surface area contributed by atoms with Crippen LogP contribution in [-0.4, -0.2) is 53.4 Å². The second-order valence-corrected chi connectivity index (χ2v) is 6.09. The zero-order valence-corrected chi connectivity index (χ0v) is 9.79. The molecule has 0 aliphatic heterocycles. The van der Waals surface area contributed by atoms with Gasteiger partial charge in [0.2, 0.25) is 0 Å². The van der Waals surface area contributed by atoms with Crippen molar-refractivity contribution in [2.24, 2.45) is 5.73 Å². The van der Waals surface area contributed by atoms with E-state index >= 15 is 0 Å². The van der Waals surface area contributed by atoms with E-state index in [4.69, 9.17) is 10.8 Å². The molecule has 1 unspecified atom stereocenters. The van der Waals surface area contributed by atoms with Crippen molar-refractivity contribution in [2.75, 3.05) is 19.1 Å². The van der Waals surface area contributed by atoms with Crippen LogP contribution in [0.1, 0.15) is 0 Å². The molecule has 0 heterocycles. The third kappa shape index (κ3) is 8.72. The van der Waals surface area contributed by atoms with Gasteiger partial charge in [0.05, 0.1) is 25.2 Å². The second kappa shape index (κ2) is 5.18. The number of nitrogens with two attached hydrogens (primary N) is 1. The molecule has 15 heavy (non-hydrogen) atoms. The zero-order valence-electron chi connectivity index (χ0n) is 8.15. The highest BCUT2D eigenvalue weighted by molar-refractivity contribution is 7.86. The molecule has 92 valence electrons. The van der Waals surface area contributed by atoms with E-state index in [1.54, 1.807) is 0 Å². The molecule has 0 aliphatic rings. The quantitative estimate of drug-likeness (QED) is 0.399. The van der Waals surface area contributed by atoms with Gasteiger partial charge >= 0.3 is 0 Å². The second-order valence-electron chi connectivity index (χ2n) is 2.84. The average molecular weight is 263 g/mol. The van der Waals surface area contributed by atoms with E-state index in [0.29, 0.717) is 0 Å². The predicted molar refractivity (Wildman–Crippen MR) is 50.7 cm³/mol. The highest BCUT2D eigenvalue weighted by atomic mass is 32.2. The molecule has 0 aliphatic carbocycles. The van der Waals surface area contributed by atoms with Crippen LogP contribution in [0.25, 0.3) is 0 Å². The first kappa shape index (κ1) is 14.7. The Morgan fingerprint density at radius 1 is 1.20 bits per heavy atom. The van der Waals surface area contributed by atoms with E-state index in [2.05, 4.69) is 8.37 Å². The van der Waals surface area contributed by atoms with Crippen LogP contribution in [0.4, 0.5) is 0 Å². The summed E-state index contributed by atoms with van der Waals surface area (Å²) in [5.41, 5.74) is 5.20. The van der Waals surface area contributed by atoms with E-state index < -0.39 is 39.2 Å². The van der Waals surface area contributed by atoms with Crippen molar-refractivity contribution in [3.63, 3.8) is 0 Å². The van der Waals surface area contributed by atoms with Crippen LogP contribution in [0.2, 0.25) is 0 Å². The van der Waals surface area contributed by atoms with E-state index in [1.807, 2.05) is 0 Å². The largest absolute Gasteiger partial charge is 0.366 e. The fraction of sp³-hybridized carbons (Fsp3) is 1.00. The first-order valence-corrected chi connectivity index (χ1v) is 7.31. The summed E-state index contributed by atoms with van der Waals surface area (Å²) in [4.78, 5) is 0. The molecule has 0 amide bonds. The number of hydrogen-bond acceptors (Lipinski definition) is 8. The Morgan fingerprint density at radius 3 is 2.00 bits per heavy atom. The summed E-state index contributed by atoms with van der Waals surface area (Å²) in [6.45, 7) is -0.574. The van der Waals surface area contributed by atoms with Crippen LogP contribution >= 0.6 is 0 Å². The summed E-state index contributed by atoms with van der Waals surface area (Å²) >= 11 is 0. The Morgan fingerprint density at radius 2 is 1.67 bits per heavy atom. The lowest BCUT2D eigenvalue weighted by Gasteiger charge is -2.16. The molecule has 0 saturated heterocycles. The number of aliphatic hydroxyl groups excluding tert-OH is 1. The molecule has 0 bridgehead atoms. The fourth-order valence-corrected chi connectivity index (χ4v) is 1.44. The monoisotopic (exact) mass is 263 g/mol. The van der Waals surface area contributed by atoms with Crippen molar-refractivity contribution < 1.29 is 30.3 Å². The average Bonchev–Trinajstić information content (AvgIpc) is 1.95. The van der Waals surface area contributed by atoms with E-state index in [9.17, 15) is 16.8 Å². The summed E-state index contributed by atoms with van der Waals surface area (Å²) in [6.07, 6.45) is -0.328. The third-order valence-electron chi connectivity index (χ3n) is 1.11. The summed E-state index contributed by atoms with van der Waals surface area (Å²) in [6, 6.07) is -1.28. The fourth-order valence-electron chi connectivity index (χ4n) is 0.535. The van der Waals surface area contributed by atoms with E-state index in [1.165, 1.54) is 0 Å². The lowest BCUT2D eigenvalue weighted by Crippen LogP contribution is -2.41. The number of aliphatic hydroxyl groups is 1. The minimum atomic E-state index is -3.86. The molecule has 8 nitrogen and oxygen atoms in total. The van der Waals surface area contributed by atoms with Crippen molar-refractivity contribution in [3.8, 4) is 0 Å². The van der Waals surface area contributed by atoms with Gasteiger partial charge in [-0.25, -0.2) is 4.18 Å². The molecule has 2 atom stereocenters. The SMILES string of the molecule is CS(=O)(=O)OC[C@H](N)C(O)OS(C)(=O)=O. The maximum atomic E-state index is 10.6. The zero-order chi connectivity index (χ0) is 12.3. The van der Waals surface area contributed by atoms with Gasteiger partial charge in [0.25, 0.3) is 20.2 Å². The first-order valence-electron chi connectivity index (χ1n) is 3.67. The molecular formula is C5H13NO7S2. The van der Waals surface area contributed by atoms with Crippen molar-refractivity contribution in [1.29, 1.82) is 0 Å². The number of hydrogen-bond donors (Lipinski definition) is 2. The molecular weight excluding hydrogens is 250 g/mol. The van der Waals surface area contributed by atoms with Gasteiger partial charge in [0.1, 0.15) is 0 Å². The predicted octanol–water partition coefficient (Wildman–Crippen LogP) is -2.42. The van der Waals surface area contributed by atoms with Crippen LogP contribution in [0.3, 0.4) is 0 Å². The number of rotatable bonds is 6. The maximum absolute atomic E-state index is 10.6. The van der Waals surface area contributed by atoms with Crippen LogP contribution in [-0.2, 0) is 28.6 Å². The lowest BCUT2D eigenvalue weighted by atomic mass is 10.3. The Balaban J connectivity index is 4.17. The molecule has 0 spiro atoms. The topological polar surface area (TPSA) is 133 Å². The van der Waals surface area contributed by atoms with Crippen molar-refractivity contribution in [2.45, 2.75) is 12.3 Å². The van der Waals surface area contributed by atoms with Gasteiger partial charge < -0.3 is 10.8 Å². The standard InChI is InChI=1S/C5H13NO7S2/c1-14(8,9)12-3-4(6)5(7)13-15(2,10)11/h4-5,7H,3,6H2,1-2H3/t4-,5?/m0/s1. The van der Waals surface area contributed by atoms with Gasteiger partial charge in [-0.05, 0) is 0 Å². The molecule has 10 heteroatoms. The molecule has 0 aromatic rings. The van der Waals surface area contributed by atoms with E-state index in [-0.39, 0.29) is 0 Å². The Hall–Kier alpha value is -0.260. The van der Waals surface area contributed by atoms with E-state index in [0.717, 1.165) is 12.5 Å². The molecule has 0 saturated carbocycles. The first-order chi connectivity index (χ1) is 6.51. The van der Waals surface area contributed by atoms with Crippen LogP contribution < -0.4 is 5.73 Å². The molecule has 0 fully saturated rings. The van der Waals surface area contributed by atoms with Gasteiger partial charge in [-0.15, -0.1) is 0 Å². The summed E-state index contributed by atoms with van der Waals surface area (Å²) in [7, 11) is -7.55. The maximum Gasteiger partial charge on any atom is 0.266 e. The summed E-state index contributed by atoms with van der Waals surface area (Å²) in [5.74, 6) is 0. The van der Waals surface area contributed by atoms with Crippen molar-refractivity contribution in [3.05, 3.63) is 0 Å². The summed E-state index contributed by atoms with van der Waals surface area (Å²) in [5, 5.41) is 9.05. The molecule has 0 radical (unpaired) electrons. The van der Waals surface area contributed by atoms with Crippen LogP contribution in [0.5, 0.6) is 0 Å². The van der Waals surface area contributed by atoms with Gasteiger partial charge in [0.15, 0.2) is 6.29 Å². The Bertz CT molecular complexity index is 386. The lowest BCUT2D eigenvalue weighted by molar-refractivity contribution is -0.0392. The normalized spacial score (nSPS) is 17.3. The van der Waals surface area contributed by atoms with Crippen molar-refractivity contribution >= 4 is 20.2 Å². The van der Waals surface area contributed by atoms with Gasteiger partial charge in [-0.1, -0.05) is 0 Å². The minimum absolute atomic E-state index is 0.574. The smallest absolute Gasteiger partial charge is 0.266 e. The van der Waals surface area contributed by atoms with Gasteiger partial charge in [-0.3, -0.25) is 4.18 Å². The molecule has 3 N–H and O–H groups in total. The van der Waals surface area contributed by atoms with Crippen LogP contribution in [0.15, 0.2) is 0 Å². The third-order valence-corrected chi connectivity index (χ3v) is 2.23. The Kier molecular flexibility index (Phi) is 5.09.